The van der Waals surface area contributed by atoms with E-state index in [1.807, 2.05) is 0 Å². The van der Waals surface area contributed by atoms with Crippen molar-refractivity contribution in [3.63, 3.8) is 0 Å². The summed E-state index contributed by atoms with van der Waals surface area (Å²) in [5.41, 5.74) is 0. The minimum absolute atomic E-state index is 0.505. The van der Waals surface area contributed by atoms with E-state index in [1.165, 1.54) is 38.4 Å². The van der Waals surface area contributed by atoms with Crippen LogP contribution in [0, 0.1) is 5.92 Å². The van der Waals surface area contributed by atoms with Gasteiger partial charge >= 0.3 is 0 Å². The maximum Gasteiger partial charge on any atom is 0.143 e. The third kappa shape index (κ3) is 5.63. The molecule has 0 bridgehead atoms. The summed E-state index contributed by atoms with van der Waals surface area (Å²) >= 11 is 0. The molecule has 0 saturated heterocycles. The highest BCUT2D eigenvalue weighted by Gasteiger charge is 2.31. The highest BCUT2D eigenvalue weighted by molar-refractivity contribution is 6.60. The molecule has 0 amide bonds. The lowest BCUT2D eigenvalue weighted by Crippen LogP contribution is -2.29. The van der Waals surface area contributed by atoms with Crippen LogP contribution < -0.4 is 0 Å². The van der Waals surface area contributed by atoms with Crippen LogP contribution in [0.15, 0.2) is 0 Å². The Bertz CT molecular complexity index is 149. The summed E-state index contributed by atoms with van der Waals surface area (Å²) in [6.07, 6.45) is 8.49. The molecule has 0 atom stereocenters. The molecule has 0 spiro atoms. The van der Waals surface area contributed by atoms with Crippen LogP contribution in [0.2, 0.25) is 18.5 Å². The molecule has 0 saturated carbocycles. The van der Waals surface area contributed by atoms with E-state index in [0.29, 0.717) is 5.31 Å². The minimum atomic E-state index is 0.505. The highest BCUT2D eigenvalue weighted by atomic mass is 14.2. The van der Waals surface area contributed by atoms with Crippen LogP contribution in [0.25, 0.3) is 0 Å². The fourth-order valence-corrected chi connectivity index (χ4v) is 2.00. The molecule has 1 heteroatoms. The second kappa shape index (κ2) is 7.36. The van der Waals surface area contributed by atoms with Crippen LogP contribution >= 0.6 is 0 Å². The second-order valence-electron chi connectivity index (χ2n) is 6.08. The Morgan fingerprint density at radius 1 is 1.00 bits per heavy atom. The van der Waals surface area contributed by atoms with E-state index in [9.17, 15) is 0 Å². The molecular formula is C14H31B. The normalized spacial score (nSPS) is 12.2. The summed E-state index contributed by atoms with van der Waals surface area (Å²) in [6, 6.07) is 0. The molecule has 0 aromatic rings. The summed E-state index contributed by atoms with van der Waals surface area (Å²) in [4.78, 5) is 0. The van der Waals surface area contributed by atoms with E-state index >= 15 is 0 Å². The van der Waals surface area contributed by atoms with Gasteiger partial charge in [-0.25, -0.2) is 0 Å². The van der Waals surface area contributed by atoms with E-state index in [-0.39, 0.29) is 0 Å². The Morgan fingerprint density at radius 3 is 2.00 bits per heavy atom. The van der Waals surface area contributed by atoms with Crippen molar-refractivity contribution in [2.45, 2.75) is 85.2 Å². The molecule has 0 rings (SSSR count). The van der Waals surface area contributed by atoms with Crippen LogP contribution in [-0.4, -0.2) is 6.71 Å². The molecule has 0 aliphatic heterocycles. The average Bonchev–Trinajstić information content (AvgIpc) is 2.16. The van der Waals surface area contributed by atoms with E-state index < -0.39 is 0 Å². The quantitative estimate of drug-likeness (QED) is 0.365. The van der Waals surface area contributed by atoms with E-state index in [4.69, 9.17) is 0 Å². The number of hydrogen-bond donors (Lipinski definition) is 0. The molecule has 0 radical (unpaired) electrons. The fourth-order valence-electron chi connectivity index (χ4n) is 2.00. The van der Waals surface area contributed by atoms with Crippen LogP contribution in [0.4, 0.5) is 0 Å². The van der Waals surface area contributed by atoms with Gasteiger partial charge in [-0.1, -0.05) is 85.2 Å². The monoisotopic (exact) mass is 210 g/mol. The molecule has 15 heavy (non-hydrogen) atoms. The van der Waals surface area contributed by atoms with Gasteiger partial charge in [0.15, 0.2) is 0 Å². The van der Waals surface area contributed by atoms with Crippen LogP contribution in [-0.2, 0) is 0 Å². The Kier molecular flexibility index (Phi) is 7.39. The van der Waals surface area contributed by atoms with E-state index in [1.54, 1.807) is 0 Å². The van der Waals surface area contributed by atoms with E-state index in [2.05, 4.69) is 41.4 Å². The topological polar surface area (TPSA) is 0 Å². The predicted octanol–water partition coefficient (Wildman–Crippen LogP) is 5.52. The molecule has 0 aliphatic rings. The summed E-state index contributed by atoms with van der Waals surface area (Å²) in [6.45, 7) is 15.1. The molecule has 0 heterocycles. The molecule has 0 fully saturated rings. The second-order valence-corrected chi connectivity index (χ2v) is 6.08. The van der Waals surface area contributed by atoms with Gasteiger partial charge in [0, 0.05) is 0 Å². The van der Waals surface area contributed by atoms with Crippen molar-refractivity contribution >= 4 is 6.71 Å². The molecule has 0 unspecified atom stereocenters. The Hall–Kier alpha value is 0.0649. The lowest BCUT2D eigenvalue weighted by atomic mass is 9.31. The van der Waals surface area contributed by atoms with Gasteiger partial charge in [0.25, 0.3) is 0 Å². The SMILES string of the molecule is CCCCCCCB(C)C(C)(C)C(C)C. The lowest BCUT2D eigenvalue weighted by Gasteiger charge is -2.34. The number of hydrogen-bond acceptors (Lipinski definition) is 0. The van der Waals surface area contributed by atoms with E-state index in [0.717, 1.165) is 12.6 Å². The van der Waals surface area contributed by atoms with Crippen molar-refractivity contribution in [3.05, 3.63) is 0 Å². The van der Waals surface area contributed by atoms with Crippen LogP contribution in [0.3, 0.4) is 0 Å². The maximum absolute atomic E-state index is 2.43. The van der Waals surface area contributed by atoms with Crippen LogP contribution in [0.1, 0.15) is 66.7 Å². The first-order valence-electron chi connectivity index (χ1n) is 6.92. The lowest BCUT2D eigenvalue weighted by molar-refractivity contribution is 0.463. The molecular weight excluding hydrogens is 179 g/mol. The third-order valence-corrected chi connectivity index (χ3v) is 4.50. The molecule has 0 nitrogen and oxygen atoms in total. The fraction of sp³-hybridized carbons (Fsp3) is 1.00. The summed E-state index contributed by atoms with van der Waals surface area (Å²) in [5, 5.41) is 0.505. The largest absolute Gasteiger partial charge is 0.143 e. The molecule has 0 aliphatic carbocycles. The molecule has 0 aromatic carbocycles. The predicted molar refractivity (Wildman–Crippen MR) is 74.1 cm³/mol. The standard InChI is InChI=1S/C14H31B/c1-7-8-9-10-11-12-15(6)14(4,5)13(2)3/h13H,7-12H2,1-6H3. The van der Waals surface area contributed by atoms with Crippen molar-refractivity contribution in [2.75, 3.05) is 0 Å². The van der Waals surface area contributed by atoms with Gasteiger partial charge in [0.05, 0.1) is 0 Å². The Balaban J connectivity index is 3.69. The van der Waals surface area contributed by atoms with Crippen molar-refractivity contribution in [1.82, 2.24) is 0 Å². The highest BCUT2D eigenvalue weighted by Crippen LogP contribution is 2.39. The molecule has 90 valence electrons. The third-order valence-electron chi connectivity index (χ3n) is 4.50. The van der Waals surface area contributed by atoms with Crippen molar-refractivity contribution in [1.29, 1.82) is 0 Å². The minimum Gasteiger partial charge on any atom is -0.0856 e. The number of rotatable bonds is 8. The van der Waals surface area contributed by atoms with Crippen molar-refractivity contribution < 1.29 is 0 Å². The van der Waals surface area contributed by atoms with Gasteiger partial charge in [0.1, 0.15) is 6.71 Å². The van der Waals surface area contributed by atoms with Gasteiger partial charge in [-0.15, -0.1) is 0 Å². The van der Waals surface area contributed by atoms with Gasteiger partial charge in [0.2, 0.25) is 0 Å². The first-order valence-corrected chi connectivity index (χ1v) is 6.92. The number of unbranched alkanes of at least 4 members (excludes halogenated alkanes) is 4. The summed E-state index contributed by atoms with van der Waals surface area (Å²) in [5.74, 6) is 0.795. The Morgan fingerprint density at radius 2 is 1.53 bits per heavy atom. The zero-order valence-corrected chi connectivity index (χ0v) is 11.9. The first kappa shape index (κ1) is 15.1. The molecule has 0 N–H and O–H groups in total. The Labute approximate surface area is 98.3 Å². The first-order chi connectivity index (χ1) is 6.92. The smallest absolute Gasteiger partial charge is 0.0856 e. The molecule has 0 aromatic heterocycles. The maximum atomic E-state index is 2.43. The summed E-state index contributed by atoms with van der Waals surface area (Å²) < 4.78 is 0. The summed E-state index contributed by atoms with van der Waals surface area (Å²) in [7, 11) is 0. The van der Waals surface area contributed by atoms with Gasteiger partial charge < -0.3 is 0 Å². The zero-order chi connectivity index (χ0) is 11.9. The average molecular weight is 210 g/mol. The van der Waals surface area contributed by atoms with Crippen molar-refractivity contribution in [2.24, 2.45) is 5.92 Å². The van der Waals surface area contributed by atoms with Crippen LogP contribution in [0.5, 0.6) is 0 Å². The van der Waals surface area contributed by atoms with Crippen molar-refractivity contribution in [3.8, 4) is 0 Å². The van der Waals surface area contributed by atoms with Gasteiger partial charge in [-0.2, -0.15) is 0 Å². The van der Waals surface area contributed by atoms with Gasteiger partial charge in [-0.3, -0.25) is 0 Å². The van der Waals surface area contributed by atoms with Gasteiger partial charge in [-0.05, 0) is 5.92 Å². The zero-order valence-electron chi connectivity index (χ0n) is 11.9.